The molecule has 1 aromatic rings. The van der Waals surface area contributed by atoms with Crippen molar-refractivity contribution in [3.63, 3.8) is 0 Å². The Labute approximate surface area is 128 Å². The first kappa shape index (κ1) is 16.3. The number of rotatable bonds is 5. The van der Waals surface area contributed by atoms with Gasteiger partial charge in [0.25, 0.3) is 0 Å². The van der Waals surface area contributed by atoms with Crippen molar-refractivity contribution in [3.05, 3.63) is 29.8 Å². The first-order valence-corrected chi connectivity index (χ1v) is 7.93. The zero-order valence-electron chi connectivity index (χ0n) is 13.5. The molecule has 1 aliphatic rings. The van der Waals surface area contributed by atoms with Crippen LogP contribution in [0.4, 0.5) is 0 Å². The molecule has 2 unspecified atom stereocenters. The van der Waals surface area contributed by atoms with E-state index < -0.39 is 6.10 Å². The first-order chi connectivity index (χ1) is 10.1. The summed E-state index contributed by atoms with van der Waals surface area (Å²) in [5, 5.41) is 10.5. The molecule has 0 radical (unpaired) electrons. The molecule has 0 spiro atoms. The first-order valence-electron chi connectivity index (χ1n) is 7.93. The number of ether oxygens (including phenoxy) is 1. The molecular weight excluding hydrogens is 264 g/mol. The van der Waals surface area contributed by atoms with Crippen molar-refractivity contribution in [1.82, 2.24) is 9.80 Å². The Morgan fingerprint density at radius 1 is 1.29 bits per heavy atom. The van der Waals surface area contributed by atoms with Crippen LogP contribution in [0.25, 0.3) is 0 Å². The number of aliphatic hydroxyl groups is 1. The highest BCUT2D eigenvalue weighted by atomic mass is 16.5. The van der Waals surface area contributed by atoms with Gasteiger partial charge in [0.15, 0.2) is 0 Å². The van der Waals surface area contributed by atoms with Crippen molar-refractivity contribution in [3.8, 4) is 5.75 Å². The van der Waals surface area contributed by atoms with Crippen LogP contribution in [0.3, 0.4) is 0 Å². The van der Waals surface area contributed by atoms with E-state index in [9.17, 15) is 5.11 Å². The van der Waals surface area contributed by atoms with Gasteiger partial charge in [-0.2, -0.15) is 0 Å². The third-order valence-corrected chi connectivity index (χ3v) is 4.17. The smallest absolute Gasteiger partial charge is 0.119 e. The van der Waals surface area contributed by atoms with Crippen molar-refractivity contribution >= 4 is 0 Å². The highest BCUT2D eigenvalue weighted by Crippen LogP contribution is 2.20. The predicted molar refractivity (Wildman–Crippen MR) is 85.7 cm³/mol. The Kier molecular flexibility index (Phi) is 6.03. The van der Waals surface area contributed by atoms with Crippen molar-refractivity contribution in [1.29, 1.82) is 0 Å². The molecule has 1 aromatic carbocycles. The molecule has 1 aliphatic heterocycles. The van der Waals surface area contributed by atoms with Crippen LogP contribution in [-0.4, -0.2) is 60.8 Å². The topological polar surface area (TPSA) is 35.9 Å². The fraction of sp³-hybridized carbons (Fsp3) is 0.647. The molecule has 118 valence electrons. The summed E-state index contributed by atoms with van der Waals surface area (Å²) in [6, 6.07) is 8.27. The minimum atomic E-state index is -0.438. The maximum Gasteiger partial charge on any atom is 0.119 e. The minimum absolute atomic E-state index is 0.438. The summed E-state index contributed by atoms with van der Waals surface area (Å²) in [6.07, 6.45) is 0.725. The second kappa shape index (κ2) is 7.78. The molecule has 1 N–H and O–H groups in total. The molecule has 1 heterocycles. The second-order valence-electron chi connectivity index (χ2n) is 5.98. The number of hydrogen-bond donors (Lipinski definition) is 1. The molecule has 0 aliphatic carbocycles. The molecule has 0 bridgehead atoms. The Morgan fingerprint density at radius 2 is 2.00 bits per heavy atom. The summed E-state index contributed by atoms with van der Waals surface area (Å²) in [6.45, 7) is 8.84. The Bertz CT molecular complexity index is 421. The van der Waals surface area contributed by atoms with E-state index in [2.05, 4.69) is 23.8 Å². The predicted octanol–water partition coefficient (Wildman–Crippen LogP) is 2.14. The molecule has 0 aromatic heterocycles. The molecule has 2 rings (SSSR count). The second-order valence-corrected chi connectivity index (χ2v) is 5.98. The average Bonchev–Trinajstić information content (AvgIpc) is 2.61. The number of nitrogens with zero attached hydrogens (tertiary/aromatic N) is 2. The third-order valence-electron chi connectivity index (χ3n) is 4.17. The molecule has 2 atom stereocenters. The molecular formula is C17H28N2O2. The highest BCUT2D eigenvalue weighted by molar-refractivity contribution is 5.28. The van der Waals surface area contributed by atoms with Gasteiger partial charge in [0.05, 0.1) is 12.7 Å². The lowest BCUT2D eigenvalue weighted by atomic mass is 10.1. The van der Waals surface area contributed by atoms with Crippen LogP contribution >= 0.6 is 0 Å². The largest absolute Gasteiger partial charge is 0.494 e. The Hall–Kier alpha value is -1.10. The van der Waals surface area contributed by atoms with E-state index in [-0.39, 0.29) is 0 Å². The fourth-order valence-corrected chi connectivity index (χ4v) is 2.97. The van der Waals surface area contributed by atoms with E-state index in [1.807, 2.05) is 31.2 Å². The maximum atomic E-state index is 10.5. The van der Waals surface area contributed by atoms with Crippen molar-refractivity contribution in [2.45, 2.75) is 32.4 Å². The summed E-state index contributed by atoms with van der Waals surface area (Å²) in [5.74, 6) is 0.859. The Balaban J connectivity index is 1.94. The summed E-state index contributed by atoms with van der Waals surface area (Å²) < 4.78 is 5.44. The van der Waals surface area contributed by atoms with Gasteiger partial charge in [-0.15, -0.1) is 0 Å². The van der Waals surface area contributed by atoms with Crippen LogP contribution in [0.2, 0.25) is 0 Å². The molecule has 1 saturated heterocycles. The third kappa shape index (κ3) is 4.70. The molecule has 4 heteroatoms. The van der Waals surface area contributed by atoms with Crippen LogP contribution < -0.4 is 4.74 Å². The van der Waals surface area contributed by atoms with Gasteiger partial charge >= 0.3 is 0 Å². The van der Waals surface area contributed by atoms with Crippen molar-refractivity contribution in [2.24, 2.45) is 0 Å². The number of likely N-dealkylation sites (N-methyl/N-ethyl adjacent to an activating group) is 1. The maximum absolute atomic E-state index is 10.5. The molecule has 1 fully saturated rings. The average molecular weight is 292 g/mol. The lowest BCUT2D eigenvalue weighted by Crippen LogP contribution is -2.40. The lowest BCUT2D eigenvalue weighted by molar-refractivity contribution is 0.0920. The lowest BCUT2D eigenvalue weighted by Gasteiger charge is -2.29. The van der Waals surface area contributed by atoms with E-state index in [0.717, 1.165) is 37.4 Å². The molecule has 0 saturated carbocycles. The standard InChI is InChI=1S/C17H28N2O2/c1-4-21-16-8-6-15(7-9-16)17(20)13-19-11-5-10-18(3)12-14(19)2/h6-9,14,17,20H,4-5,10-13H2,1-3H3. The van der Waals surface area contributed by atoms with Crippen LogP contribution in [0.5, 0.6) is 5.75 Å². The normalized spacial score (nSPS) is 22.8. The zero-order chi connectivity index (χ0) is 15.2. The highest BCUT2D eigenvalue weighted by Gasteiger charge is 2.22. The van der Waals surface area contributed by atoms with Crippen LogP contribution in [0.15, 0.2) is 24.3 Å². The van der Waals surface area contributed by atoms with Crippen LogP contribution in [0, 0.1) is 0 Å². The SMILES string of the molecule is CCOc1ccc(C(O)CN2CCCN(C)CC2C)cc1. The number of aliphatic hydroxyl groups excluding tert-OH is 1. The van der Waals surface area contributed by atoms with Gasteiger partial charge in [-0.3, -0.25) is 4.90 Å². The summed E-state index contributed by atoms with van der Waals surface area (Å²) in [7, 11) is 2.17. The molecule has 0 amide bonds. The van der Waals surface area contributed by atoms with E-state index in [4.69, 9.17) is 4.74 Å². The van der Waals surface area contributed by atoms with Crippen LogP contribution in [0.1, 0.15) is 31.9 Å². The molecule has 21 heavy (non-hydrogen) atoms. The van der Waals surface area contributed by atoms with E-state index in [0.29, 0.717) is 19.2 Å². The van der Waals surface area contributed by atoms with Gasteiger partial charge < -0.3 is 14.7 Å². The van der Waals surface area contributed by atoms with Crippen molar-refractivity contribution < 1.29 is 9.84 Å². The summed E-state index contributed by atoms with van der Waals surface area (Å²) in [5.41, 5.74) is 0.961. The Morgan fingerprint density at radius 3 is 2.67 bits per heavy atom. The van der Waals surface area contributed by atoms with Crippen molar-refractivity contribution in [2.75, 3.05) is 39.8 Å². The van der Waals surface area contributed by atoms with Gasteiger partial charge in [0, 0.05) is 19.1 Å². The monoisotopic (exact) mass is 292 g/mol. The van der Waals surface area contributed by atoms with Crippen LogP contribution in [-0.2, 0) is 0 Å². The number of β-amino-alcohol motifs (C(OH)–C–C–N with tert-alkyl or cyclic N) is 1. The minimum Gasteiger partial charge on any atom is -0.494 e. The number of hydrogen-bond acceptors (Lipinski definition) is 4. The fourth-order valence-electron chi connectivity index (χ4n) is 2.97. The number of benzene rings is 1. The van der Waals surface area contributed by atoms with Gasteiger partial charge in [0.2, 0.25) is 0 Å². The molecule has 4 nitrogen and oxygen atoms in total. The summed E-state index contributed by atoms with van der Waals surface area (Å²) >= 11 is 0. The van der Waals surface area contributed by atoms with Gasteiger partial charge in [-0.25, -0.2) is 0 Å². The zero-order valence-corrected chi connectivity index (χ0v) is 13.5. The quantitative estimate of drug-likeness (QED) is 0.902. The van der Waals surface area contributed by atoms with E-state index >= 15 is 0 Å². The van der Waals surface area contributed by atoms with E-state index in [1.165, 1.54) is 0 Å². The van der Waals surface area contributed by atoms with Gasteiger partial charge in [-0.1, -0.05) is 12.1 Å². The van der Waals surface area contributed by atoms with E-state index in [1.54, 1.807) is 0 Å². The van der Waals surface area contributed by atoms with Gasteiger partial charge in [-0.05, 0) is 58.1 Å². The van der Waals surface area contributed by atoms with Gasteiger partial charge in [0.1, 0.15) is 5.75 Å². The summed E-state index contributed by atoms with van der Waals surface area (Å²) in [4.78, 5) is 4.76.